The minimum Gasteiger partial charge on any atom is -0.429 e. The summed E-state index contributed by atoms with van der Waals surface area (Å²) in [5.41, 5.74) is 5.05. The summed E-state index contributed by atoms with van der Waals surface area (Å²) in [5, 5.41) is 20.4. The fraction of sp³-hybridized carbons (Fsp3) is 0.720. The van der Waals surface area contributed by atoms with Crippen molar-refractivity contribution >= 4 is 5.97 Å². The van der Waals surface area contributed by atoms with Gasteiger partial charge in [0, 0.05) is 11.6 Å². The van der Waals surface area contributed by atoms with Crippen LogP contribution in [0.15, 0.2) is 34.4 Å². The molecule has 0 radical (unpaired) electrons. The maximum absolute atomic E-state index is 11.4. The van der Waals surface area contributed by atoms with Gasteiger partial charge in [-0.1, -0.05) is 44.4 Å². The number of ether oxygens (including phenoxy) is 2. The molecule has 4 rings (SSSR count). The molecule has 0 bridgehead atoms. The SMILES string of the molecule is CC1=C(CCC2=CC[C@H](C3=CC(=O)O[C@@H]3O)O[C@@H]2O)[C@@]2(C)CCCC(C)(C)[C@@H]2CC1. The number of allylic oxidation sites excluding steroid dienone is 2. The minimum atomic E-state index is -1.27. The number of esters is 1. The molecule has 0 aromatic carbocycles. The highest BCUT2D eigenvalue weighted by molar-refractivity contribution is 5.85. The van der Waals surface area contributed by atoms with E-state index in [1.54, 1.807) is 5.57 Å². The van der Waals surface area contributed by atoms with Gasteiger partial charge in [-0.15, -0.1) is 0 Å². The van der Waals surface area contributed by atoms with Crippen LogP contribution >= 0.6 is 0 Å². The Bertz CT molecular complexity index is 804. The third kappa shape index (κ3) is 3.80. The highest BCUT2D eigenvalue weighted by Crippen LogP contribution is 2.60. The van der Waals surface area contributed by atoms with Crippen molar-refractivity contribution in [2.45, 2.75) is 97.7 Å². The van der Waals surface area contributed by atoms with Crippen molar-refractivity contribution < 1.29 is 24.5 Å². The lowest BCUT2D eigenvalue weighted by molar-refractivity contribution is -0.155. The van der Waals surface area contributed by atoms with Gasteiger partial charge < -0.3 is 19.7 Å². The molecule has 1 fully saturated rings. The molecular weight excluding hydrogens is 380 g/mol. The average molecular weight is 417 g/mol. The van der Waals surface area contributed by atoms with E-state index in [4.69, 9.17) is 9.47 Å². The minimum absolute atomic E-state index is 0.254. The molecule has 0 spiro atoms. The third-order valence-corrected chi connectivity index (χ3v) is 8.28. The second-order valence-corrected chi connectivity index (χ2v) is 10.5. The molecule has 0 aromatic heterocycles. The maximum Gasteiger partial charge on any atom is 0.333 e. The molecular formula is C25H36O5. The number of carbonyl (C=O) groups excluding carboxylic acids is 1. The predicted molar refractivity (Wildman–Crippen MR) is 114 cm³/mol. The summed E-state index contributed by atoms with van der Waals surface area (Å²) >= 11 is 0. The Hall–Kier alpha value is -1.43. The number of aliphatic hydroxyl groups is 2. The normalized spacial score (nSPS) is 38.7. The Balaban J connectivity index is 1.46. The van der Waals surface area contributed by atoms with Crippen LogP contribution in [0.1, 0.15) is 79.1 Å². The Morgan fingerprint density at radius 1 is 1.13 bits per heavy atom. The lowest BCUT2D eigenvalue weighted by Gasteiger charge is -2.55. The van der Waals surface area contributed by atoms with Crippen LogP contribution in [-0.2, 0) is 14.3 Å². The molecule has 2 heterocycles. The number of hydrogen-bond donors (Lipinski definition) is 2. The van der Waals surface area contributed by atoms with Crippen LogP contribution in [0.4, 0.5) is 0 Å². The Kier molecular flexibility index (Phi) is 5.75. The topological polar surface area (TPSA) is 76.0 Å². The van der Waals surface area contributed by atoms with Gasteiger partial charge in [0.2, 0.25) is 6.29 Å². The monoisotopic (exact) mass is 416 g/mol. The van der Waals surface area contributed by atoms with Crippen molar-refractivity contribution in [2.75, 3.05) is 0 Å². The van der Waals surface area contributed by atoms with Gasteiger partial charge in [0.05, 0.1) is 6.10 Å². The molecule has 0 unspecified atom stereocenters. The van der Waals surface area contributed by atoms with Crippen molar-refractivity contribution in [3.63, 3.8) is 0 Å². The fourth-order valence-electron chi connectivity index (χ4n) is 6.73. The molecule has 0 amide bonds. The molecule has 2 N–H and O–H groups in total. The van der Waals surface area contributed by atoms with Crippen molar-refractivity contribution in [3.05, 3.63) is 34.4 Å². The zero-order valence-corrected chi connectivity index (χ0v) is 18.7. The first kappa shape index (κ1) is 21.8. The van der Waals surface area contributed by atoms with Gasteiger partial charge in [0.15, 0.2) is 6.29 Å². The molecule has 5 atom stereocenters. The van der Waals surface area contributed by atoms with Crippen molar-refractivity contribution in [3.8, 4) is 0 Å². The lowest BCUT2D eigenvalue weighted by Crippen LogP contribution is -2.45. The summed E-state index contributed by atoms with van der Waals surface area (Å²) in [4.78, 5) is 11.4. The van der Waals surface area contributed by atoms with E-state index in [0.717, 1.165) is 24.3 Å². The first-order valence-corrected chi connectivity index (χ1v) is 11.4. The Morgan fingerprint density at radius 3 is 2.57 bits per heavy atom. The van der Waals surface area contributed by atoms with Crippen LogP contribution in [-0.4, -0.2) is 34.9 Å². The smallest absolute Gasteiger partial charge is 0.333 e. The van der Waals surface area contributed by atoms with E-state index in [9.17, 15) is 15.0 Å². The zero-order chi connectivity index (χ0) is 21.7. The molecule has 166 valence electrons. The largest absolute Gasteiger partial charge is 0.429 e. The van der Waals surface area contributed by atoms with E-state index in [-0.39, 0.29) is 5.41 Å². The predicted octanol–water partition coefficient (Wildman–Crippen LogP) is 4.54. The molecule has 1 saturated carbocycles. The van der Waals surface area contributed by atoms with Crippen molar-refractivity contribution in [1.29, 1.82) is 0 Å². The van der Waals surface area contributed by atoms with Crippen molar-refractivity contribution in [1.82, 2.24) is 0 Å². The number of fused-ring (bicyclic) bond motifs is 1. The third-order valence-electron chi connectivity index (χ3n) is 8.28. The summed E-state index contributed by atoms with van der Waals surface area (Å²) in [6.45, 7) is 9.64. The van der Waals surface area contributed by atoms with Gasteiger partial charge >= 0.3 is 5.97 Å². The number of carbonyl (C=O) groups is 1. The number of aliphatic hydroxyl groups excluding tert-OH is 2. The molecule has 5 nitrogen and oxygen atoms in total. The zero-order valence-electron chi connectivity index (χ0n) is 18.7. The maximum atomic E-state index is 11.4. The van der Waals surface area contributed by atoms with E-state index >= 15 is 0 Å². The molecule has 0 aromatic rings. The number of cyclic esters (lactones) is 1. The highest BCUT2D eigenvalue weighted by atomic mass is 16.6. The van der Waals surface area contributed by atoms with Crippen molar-refractivity contribution in [2.24, 2.45) is 16.7 Å². The summed E-state index contributed by atoms with van der Waals surface area (Å²) < 4.78 is 10.5. The standard InChI is InChI=1S/C25H36O5/c1-15-6-11-20-24(2,3)12-5-13-25(20,4)18(15)9-7-16-8-10-19(29-22(16)27)17-14-21(26)30-23(17)28/h8,14,19-20,22-23,27-28H,5-7,9-13H2,1-4H3/t19-,20+,22+,23+,25-/m1/s1. The van der Waals surface area contributed by atoms with Crippen LogP contribution in [0.2, 0.25) is 0 Å². The van der Waals surface area contributed by atoms with E-state index in [0.29, 0.717) is 17.4 Å². The van der Waals surface area contributed by atoms with Crippen LogP contribution in [0, 0.1) is 16.7 Å². The Labute approximate surface area is 179 Å². The van der Waals surface area contributed by atoms with Crippen LogP contribution in [0.3, 0.4) is 0 Å². The lowest BCUT2D eigenvalue weighted by atomic mass is 9.50. The van der Waals surface area contributed by atoms with E-state index in [1.165, 1.54) is 43.8 Å². The van der Waals surface area contributed by atoms with Crippen LogP contribution in [0.5, 0.6) is 0 Å². The number of rotatable bonds is 4. The summed E-state index contributed by atoms with van der Waals surface area (Å²) in [5.74, 6) is 0.153. The Morgan fingerprint density at radius 2 is 1.90 bits per heavy atom. The summed E-state index contributed by atoms with van der Waals surface area (Å²) in [6.07, 6.45) is 9.05. The quantitative estimate of drug-likeness (QED) is 0.520. The molecule has 2 aliphatic heterocycles. The van der Waals surface area contributed by atoms with Gasteiger partial charge in [-0.25, -0.2) is 4.79 Å². The van der Waals surface area contributed by atoms with Gasteiger partial charge in [0.1, 0.15) is 0 Å². The van der Waals surface area contributed by atoms with Gasteiger partial charge in [-0.05, 0) is 74.2 Å². The van der Waals surface area contributed by atoms with Gasteiger partial charge in [0.25, 0.3) is 0 Å². The van der Waals surface area contributed by atoms with E-state index in [1.807, 2.05) is 6.08 Å². The van der Waals surface area contributed by atoms with Crippen LogP contribution < -0.4 is 0 Å². The summed E-state index contributed by atoms with van der Waals surface area (Å²) in [6, 6.07) is 0. The average Bonchev–Trinajstić information content (AvgIpc) is 2.99. The van der Waals surface area contributed by atoms with Crippen LogP contribution in [0.25, 0.3) is 0 Å². The molecule has 2 aliphatic carbocycles. The van der Waals surface area contributed by atoms with E-state index in [2.05, 4.69) is 27.7 Å². The molecule has 4 aliphatic rings. The van der Waals surface area contributed by atoms with Gasteiger partial charge in [-0.2, -0.15) is 0 Å². The first-order valence-electron chi connectivity index (χ1n) is 11.4. The molecule has 0 saturated heterocycles. The highest BCUT2D eigenvalue weighted by Gasteiger charge is 2.49. The summed E-state index contributed by atoms with van der Waals surface area (Å²) in [7, 11) is 0. The second-order valence-electron chi connectivity index (χ2n) is 10.5. The molecule has 5 heteroatoms. The van der Waals surface area contributed by atoms with E-state index < -0.39 is 24.7 Å². The second kappa shape index (κ2) is 7.92. The van der Waals surface area contributed by atoms with Gasteiger partial charge in [-0.3, -0.25) is 0 Å². The first-order chi connectivity index (χ1) is 14.1. The fourth-order valence-corrected chi connectivity index (χ4v) is 6.73. The number of hydrogen-bond acceptors (Lipinski definition) is 5. The molecule has 30 heavy (non-hydrogen) atoms.